The summed E-state index contributed by atoms with van der Waals surface area (Å²) >= 11 is 6.14. The first-order valence-electron chi connectivity index (χ1n) is 12.7. The molecule has 0 radical (unpaired) electrons. The van der Waals surface area contributed by atoms with Crippen LogP contribution in [0.2, 0.25) is 0 Å². The zero-order valence-corrected chi connectivity index (χ0v) is 24.3. The Morgan fingerprint density at radius 1 is 1.32 bits per heavy atom. The molecular formula is C24H31ClFN6O8P. The summed E-state index contributed by atoms with van der Waals surface area (Å²) in [7, 11) is -4.34. The number of fused-ring (bicyclic) bond motifs is 1. The highest BCUT2D eigenvalue weighted by atomic mass is 35.5. The molecule has 0 unspecified atom stereocenters. The fraction of sp³-hybridized carbons (Fsp3) is 0.500. The molecule has 0 amide bonds. The molecule has 0 spiro atoms. The van der Waals surface area contributed by atoms with Gasteiger partial charge >= 0.3 is 13.7 Å². The third kappa shape index (κ3) is 6.88. The van der Waals surface area contributed by atoms with E-state index in [2.05, 4.69) is 20.0 Å². The second-order valence-electron chi connectivity index (χ2n) is 9.32. The van der Waals surface area contributed by atoms with Gasteiger partial charge in [-0.05, 0) is 39.8 Å². The third-order valence-electron chi connectivity index (χ3n) is 5.75. The number of para-hydroxylation sites is 1. The summed E-state index contributed by atoms with van der Waals surface area (Å²) in [4.78, 5) is 24.6. The molecule has 1 fully saturated rings. The number of nitrogens with one attached hydrogen (secondary N) is 1. The fourth-order valence-electron chi connectivity index (χ4n) is 3.93. The number of carbonyl (C=O) groups is 1. The summed E-state index contributed by atoms with van der Waals surface area (Å²) in [6, 6.07) is 6.91. The number of rotatable bonds is 12. The largest absolute Gasteiger partial charge is 0.476 e. The molecule has 3 heterocycles. The Morgan fingerprint density at radius 2 is 2.02 bits per heavy atom. The zero-order valence-electron chi connectivity index (χ0n) is 22.6. The number of alkyl halides is 2. The van der Waals surface area contributed by atoms with Gasteiger partial charge in [-0.3, -0.25) is 13.9 Å². The number of aliphatic hydroxyl groups excluding tert-OH is 1. The number of hydrogen-bond donors (Lipinski definition) is 3. The maximum Gasteiger partial charge on any atom is 0.459 e. The SMILES string of the molecule is CCOc1nc(N)nc2c1ncn2[C@@H]1O[C@H](CO[P@](=O)(N[C@H](C)C(=O)OC(C)C)Oc2ccccc2)[C@@H](O)[C@@]1(F)Cl. The summed E-state index contributed by atoms with van der Waals surface area (Å²) in [5, 5.41) is 10.4. The second kappa shape index (κ2) is 12.4. The lowest BCUT2D eigenvalue weighted by Crippen LogP contribution is -2.40. The average molecular weight is 617 g/mol. The lowest BCUT2D eigenvalue weighted by molar-refractivity contribution is -0.149. The van der Waals surface area contributed by atoms with Crippen LogP contribution < -0.4 is 20.1 Å². The van der Waals surface area contributed by atoms with E-state index >= 15 is 4.39 Å². The Hall–Kier alpha value is -3.07. The van der Waals surface area contributed by atoms with Crippen molar-refractivity contribution in [3.8, 4) is 11.6 Å². The number of ether oxygens (including phenoxy) is 3. The van der Waals surface area contributed by atoms with Crippen molar-refractivity contribution < 1.29 is 42.1 Å². The molecule has 1 saturated heterocycles. The van der Waals surface area contributed by atoms with Crippen LogP contribution >= 0.6 is 19.3 Å². The van der Waals surface area contributed by atoms with Gasteiger partial charge in [-0.2, -0.15) is 15.1 Å². The van der Waals surface area contributed by atoms with Crippen LogP contribution in [0.15, 0.2) is 36.7 Å². The van der Waals surface area contributed by atoms with Gasteiger partial charge in [0.15, 0.2) is 17.4 Å². The summed E-state index contributed by atoms with van der Waals surface area (Å²) in [5.74, 6) is -0.652. The predicted molar refractivity (Wildman–Crippen MR) is 145 cm³/mol. The minimum atomic E-state index is -4.34. The second-order valence-corrected chi connectivity index (χ2v) is 11.6. The number of nitrogen functional groups attached to an aromatic ring is 1. The van der Waals surface area contributed by atoms with Crippen LogP contribution in [0.5, 0.6) is 11.6 Å². The van der Waals surface area contributed by atoms with E-state index in [-0.39, 0.29) is 35.3 Å². The van der Waals surface area contributed by atoms with Crippen LogP contribution in [0.25, 0.3) is 11.2 Å². The van der Waals surface area contributed by atoms with E-state index in [4.69, 9.17) is 40.6 Å². The molecule has 0 saturated carbocycles. The predicted octanol–water partition coefficient (Wildman–Crippen LogP) is 3.10. The van der Waals surface area contributed by atoms with Crippen LogP contribution in [0.3, 0.4) is 0 Å². The van der Waals surface area contributed by atoms with Gasteiger partial charge in [0.05, 0.1) is 25.6 Å². The lowest BCUT2D eigenvalue weighted by Gasteiger charge is -2.25. The van der Waals surface area contributed by atoms with Crippen molar-refractivity contribution >= 4 is 42.4 Å². The smallest absolute Gasteiger partial charge is 0.459 e. The Morgan fingerprint density at radius 3 is 2.68 bits per heavy atom. The van der Waals surface area contributed by atoms with Crippen molar-refractivity contribution in [2.75, 3.05) is 18.9 Å². The fourth-order valence-corrected chi connectivity index (χ4v) is 5.73. The number of carbonyl (C=O) groups excluding carboxylic acids is 1. The van der Waals surface area contributed by atoms with Crippen molar-refractivity contribution in [3.63, 3.8) is 0 Å². The Kier molecular flexibility index (Phi) is 9.36. The van der Waals surface area contributed by atoms with Gasteiger partial charge in [-0.15, -0.1) is 0 Å². The van der Waals surface area contributed by atoms with Crippen molar-refractivity contribution in [1.29, 1.82) is 0 Å². The molecule has 4 rings (SSSR count). The quantitative estimate of drug-likeness (QED) is 0.153. The highest BCUT2D eigenvalue weighted by Crippen LogP contribution is 2.49. The topological polar surface area (TPSA) is 182 Å². The molecule has 1 aliphatic heterocycles. The molecule has 4 N–H and O–H groups in total. The monoisotopic (exact) mass is 616 g/mol. The third-order valence-corrected chi connectivity index (χ3v) is 7.81. The molecule has 41 heavy (non-hydrogen) atoms. The molecule has 6 atom stereocenters. The zero-order chi connectivity index (χ0) is 29.9. The normalized spacial score (nSPS) is 24.7. The summed E-state index contributed by atoms with van der Waals surface area (Å²) in [5.41, 5.74) is 5.99. The molecule has 224 valence electrons. The number of hydrogen-bond acceptors (Lipinski definition) is 12. The molecule has 2 aromatic heterocycles. The highest BCUT2D eigenvalue weighted by molar-refractivity contribution is 7.52. The number of aromatic nitrogens is 4. The van der Waals surface area contributed by atoms with Gasteiger partial charge < -0.3 is 29.6 Å². The first kappa shape index (κ1) is 30.9. The Balaban J connectivity index is 1.56. The molecular weight excluding hydrogens is 586 g/mol. The molecule has 0 aliphatic carbocycles. The van der Waals surface area contributed by atoms with Gasteiger partial charge in [0.2, 0.25) is 11.8 Å². The van der Waals surface area contributed by atoms with Gasteiger partial charge in [0, 0.05) is 0 Å². The van der Waals surface area contributed by atoms with Crippen molar-refractivity contribution in [2.45, 2.75) is 63.4 Å². The first-order valence-corrected chi connectivity index (χ1v) is 14.6. The van der Waals surface area contributed by atoms with E-state index in [1.807, 2.05) is 0 Å². The van der Waals surface area contributed by atoms with Gasteiger partial charge in [-0.1, -0.05) is 29.8 Å². The van der Waals surface area contributed by atoms with Gasteiger partial charge in [0.1, 0.15) is 24.0 Å². The molecule has 1 aromatic carbocycles. The van der Waals surface area contributed by atoms with E-state index in [0.717, 1.165) is 4.57 Å². The maximum absolute atomic E-state index is 15.8. The van der Waals surface area contributed by atoms with Gasteiger partial charge in [-0.25, -0.2) is 13.9 Å². The standard InChI is InChI=1S/C24H31ClFN6O8P/c1-5-36-20-17-19(29-23(27)30-20)32(12-28-17)22-24(25,26)18(33)16(39-22)11-37-41(35,40-15-9-7-6-8-10-15)31-14(4)21(34)38-13(2)3/h6-10,12-14,16,18,22,33H,5,11H2,1-4H3,(H,31,35)(H2,27,29,30)/t14-,16-,18-,22-,24+,41-/m1/s1. The number of nitrogens with zero attached hydrogens (tertiary/aromatic N) is 4. The number of anilines is 1. The number of benzene rings is 1. The van der Waals surface area contributed by atoms with E-state index in [9.17, 15) is 14.5 Å². The van der Waals surface area contributed by atoms with Crippen molar-refractivity contribution in [1.82, 2.24) is 24.6 Å². The molecule has 0 bridgehead atoms. The minimum Gasteiger partial charge on any atom is -0.476 e. The van der Waals surface area contributed by atoms with Crippen molar-refractivity contribution in [2.24, 2.45) is 0 Å². The van der Waals surface area contributed by atoms with Crippen LogP contribution in [0.4, 0.5) is 10.3 Å². The van der Waals surface area contributed by atoms with E-state index in [1.54, 1.807) is 39.0 Å². The average Bonchev–Trinajstić information content (AvgIpc) is 3.41. The van der Waals surface area contributed by atoms with Crippen LogP contribution in [0.1, 0.15) is 33.9 Å². The lowest BCUT2D eigenvalue weighted by atomic mass is 10.1. The maximum atomic E-state index is 15.8. The van der Waals surface area contributed by atoms with Crippen LogP contribution in [-0.2, 0) is 23.4 Å². The summed E-state index contributed by atoms with van der Waals surface area (Å²) < 4.78 is 58.1. The summed E-state index contributed by atoms with van der Waals surface area (Å²) in [6.45, 7) is 6.06. The highest BCUT2D eigenvalue weighted by Gasteiger charge is 2.58. The summed E-state index contributed by atoms with van der Waals surface area (Å²) in [6.07, 6.45) is -4.31. The number of halogens is 2. The van der Waals surface area contributed by atoms with E-state index < -0.39 is 56.0 Å². The van der Waals surface area contributed by atoms with Gasteiger partial charge in [0.25, 0.3) is 5.13 Å². The molecule has 3 aromatic rings. The first-order chi connectivity index (χ1) is 19.3. The molecule has 14 nitrogen and oxygen atoms in total. The molecule has 17 heteroatoms. The Labute approximate surface area is 239 Å². The van der Waals surface area contributed by atoms with Crippen LogP contribution in [0, 0.1) is 0 Å². The number of aliphatic hydroxyl groups is 1. The van der Waals surface area contributed by atoms with Crippen molar-refractivity contribution in [3.05, 3.63) is 36.7 Å². The minimum absolute atomic E-state index is 0.0413. The number of imidazole rings is 1. The van der Waals surface area contributed by atoms with E-state index in [0.29, 0.717) is 0 Å². The van der Waals surface area contributed by atoms with E-state index in [1.165, 1.54) is 25.4 Å². The number of nitrogens with two attached hydrogens (primary N) is 1. The number of esters is 1. The van der Waals surface area contributed by atoms with Crippen LogP contribution in [-0.4, -0.2) is 73.3 Å². The Bertz CT molecular complexity index is 1410. The molecule has 1 aliphatic rings.